The highest BCUT2D eigenvalue weighted by Gasteiger charge is 2.32. The Kier molecular flexibility index (Phi) is 7.53. The highest BCUT2D eigenvalue weighted by molar-refractivity contribution is 7.89. The largest absolute Gasteiger partial charge is 0.497 e. The molecule has 2 aromatic carbocycles. The molecule has 31 heavy (non-hydrogen) atoms. The van der Waals surface area contributed by atoms with Crippen LogP contribution in [-0.2, 0) is 19.5 Å². The first-order valence-electron chi connectivity index (χ1n) is 9.99. The van der Waals surface area contributed by atoms with Crippen LogP contribution in [0, 0.1) is 0 Å². The minimum Gasteiger partial charge on any atom is -0.497 e. The first-order valence-corrected chi connectivity index (χ1v) is 11.4. The van der Waals surface area contributed by atoms with Crippen molar-refractivity contribution in [1.29, 1.82) is 0 Å². The van der Waals surface area contributed by atoms with Gasteiger partial charge in [-0.2, -0.15) is 4.31 Å². The maximum Gasteiger partial charge on any atom is 0.338 e. The molecular weight excluding hydrogens is 422 g/mol. The molecule has 8 nitrogen and oxygen atoms in total. The molecule has 1 saturated heterocycles. The van der Waals surface area contributed by atoms with Crippen LogP contribution >= 0.6 is 0 Å². The summed E-state index contributed by atoms with van der Waals surface area (Å²) in [6, 6.07) is 12.8. The van der Waals surface area contributed by atoms with Crippen molar-refractivity contribution in [2.45, 2.75) is 31.0 Å². The lowest BCUT2D eigenvalue weighted by molar-refractivity contribution is -0.0440. The second-order valence-electron chi connectivity index (χ2n) is 7.26. The molecule has 0 aliphatic carbocycles. The third-order valence-electron chi connectivity index (χ3n) is 4.76. The van der Waals surface area contributed by atoms with E-state index in [1.807, 2.05) is 13.8 Å². The number of carbonyl (C=O) groups is 1. The van der Waals surface area contributed by atoms with Gasteiger partial charge in [0.05, 0.1) is 29.8 Å². The zero-order valence-corrected chi connectivity index (χ0v) is 18.6. The molecule has 9 heteroatoms. The summed E-state index contributed by atoms with van der Waals surface area (Å²) in [4.78, 5) is 12.4. The minimum absolute atomic E-state index is 0.0640. The lowest BCUT2D eigenvalue weighted by atomic mass is 10.2. The Morgan fingerprint density at radius 2 is 1.55 bits per heavy atom. The molecular formula is C22H27NO7S. The Morgan fingerprint density at radius 3 is 2.13 bits per heavy atom. The summed E-state index contributed by atoms with van der Waals surface area (Å²) in [6.45, 7) is 4.53. The molecule has 2 unspecified atom stereocenters. The van der Waals surface area contributed by atoms with E-state index in [1.165, 1.54) is 28.6 Å². The van der Waals surface area contributed by atoms with Crippen molar-refractivity contribution >= 4 is 16.0 Å². The number of rotatable bonds is 8. The van der Waals surface area contributed by atoms with Crippen molar-refractivity contribution in [3.05, 3.63) is 54.1 Å². The van der Waals surface area contributed by atoms with Gasteiger partial charge in [-0.15, -0.1) is 0 Å². The number of hydrogen-bond donors (Lipinski definition) is 0. The fourth-order valence-corrected chi connectivity index (χ4v) is 4.88. The van der Waals surface area contributed by atoms with Gasteiger partial charge in [-0.05, 0) is 62.4 Å². The Balaban J connectivity index is 1.52. The molecule has 0 aromatic heterocycles. The number of ether oxygens (including phenoxy) is 4. The smallest absolute Gasteiger partial charge is 0.338 e. The topological polar surface area (TPSA) is 91.4 Å². The highest BCUT2D eigenvalue weighted by Crippen LogP contribution is 2.22. The summed E-state index contributed by atoms with van der Waals surface area (Å²) in [5.41, 5.74) is 0.270. The summed E-state index contributed by atoms with van der Waals surface area (Å²) in [7, 11) is -2.07. The molecule has 1 fully saturated rings. The molecule has 0 amide bonds. The van der Waals surface area contributed by atoms with Gasteiger partial charge >= 0.3 is 5.97 Å². The molecule has 0 saturated carbocycles. The van der Waals surface area contributed by atoms with Crippen LogP contribution in [0.25, 0.3) is 0 Å². The van der Waals surface area contributed by atoms with Gasteiger partial charge in [0, 0.05) is 13.1 Å². The van der Waals surface area contributed by atoms with Gasteiger partial charge < -0.3 is 18.9 Å². The van der Waals surface area contributed by atoms with E-state index in [9.17, 15) is 13.2 Å². The SMILES string of the molecule is COc1ccc(OCCOC(=O)c2ccc(S(=O)(=O)N3CC(C)OC(C)C3)cc2)cc1. The zero-order valence-electron chi connectivity index (χ0n) is 17.8. The predicted molar refractivity (Wildman–Crippen MR) is 114 cm³/mol. The quantitative estimate of drug-likeness (QED) is 0.452. The van der Waals surface area contributed by atoms with Crippen molar-refractivity contribution in [3.63, 3.8) is 0 Å². The number of carbonyl (C=O) groups excluding carboxylic acids is 1. The molecule has 1 aliphatic rings. The molecule has 0 spiro atoms. The molecule has 2 aromatic rings. The first kappa shape index (κ1) is 23.1. The second-order valence-corrected chi connectivity index (χ2v) is 9.20. The van der Waals surface area contributed by atoms with Gasteiger partial charge in [0.1, 0.15) is 24.7 Å². The molecule has 1 aliphatic heterocycles. The third-order valence-corrected chi connectivity index (χ3v) is 6.60. The summed E-state index contributed by atoms with van der Waals surface area (Å²) in [5, 5.41) is 0. The Morgan fingerprint density at radius 1 is 0.968 bits per heavy atom. The lowest BCUT2D eigenvalue weighted by Crippen LogP contribution is -2.48. The second kappa shape index (κ2) is 10.1. The lowest BCUT2D eigenvalue weighted by Gasteiger charge is -2.34. The van der Waals surface area contributed by atoms with Crippen LogP contribution in [0.3, 0.4) is 0 Å². The molecule has 3 rings (SSSR count). The van der Waals surface area contributed by atoms with Crippen LogP contribution in [0.5, 0.6) is 11.5 Å². The van der Waals surface area contributed by atoms with Crippen LogP contribution in [0.2, 0.25) is 0 Å². The number of nitrogens with zero attached hydrogens (tertiary/aromatic N) is 1. The molecule has 2 atom stereocenters. The molecule has 0 N–H and O–H groups in total. The number of morpholine rings is 1. The van der Waals surface area contributed by atoms with Gasteiger partial charge in [0.15, 0.2) is 0 Å². The average molecular weight is 450 g/mol. The van der Waals surface area contributed by atoms with Crippen molar-refractivity contribution in [3.8, 4) is 11.5 Å². The van der Waals surface area contributed by atoms with Crippen LogP contribution in [0.15, 0.2) is 53.4 Å². The Labute approximate surface area is 182 Å². The third kappa shape index (κ3) is 5.96. The van der Waals surface area contributed by atoms with E-state index in [2.05, 4.69) is 0 Å². The maximum atomic E-state index is 12.9. The van der Waals surface area contributed by atoms with Crippen molar-refractivity contribution in [2.75, 3.05) is 33.4 Å². The molecule has 0 radical (unpaired) electrons. The van der Waals surface area contributed by atoms with E-state index in [-0.39, 0.29) is 35.9 Å². The van der Waals surface area contributed by atoms with Gasteiger partial charge in [0.2, 0.25) is 10.0 Å². The standard InChI is InChI=1S/C22H27NO7S/c1-16-14-23(15-17(2)30-16)31(25,26)21-10-4-18(5-11-21)22(24)29-13-12-28-20-8-6-19(27-3)7-9-20/h4-11,16-17H,12-15H2,1-3H3. The number of benzene rings is 2. The summed E-state index contributed by atoms with van der Waals surface area (Å²) >= 11 is 0. The zero-order chi connectivity index (χ0) is 22.4. The maximum absolute atomic E-state index is 12.9. The van der Waals surface area contributed by atoms with Crippen molar-refractivity contribution < 1.29 is 32.2 Å². The van der Waals surface area contributed by atoms with E-state index >= 15 is 0 Å². The average Bonchev–Trinajstić information content (AvgIpc) is 2.76. The van der Waals surface area contributed by atoms with Gasteiger partial charge in [-0.25, -0.2) is 13.2 Å². The summed E-state index contributed by atoms with van der Waals surface area (Å²) < 4.78 is 48.6. The fourth-order valence-electron chi connectivity index (χ4n) is 3.29. The monoisotopic (exact) mass is 449 g/mol. The van der Waals surface area contributed by atoms with Crippen molar-refractivity contribution in [2.24, 2.45) is 0 Å². The minimum atomic E-state index is -3.65. The molecule has 168 valence electrons. The number of esters is 1. The van der Waals surface area contributed by atoms with Gasteiger partial charge in [0.25, 0.3) is 0 Å². The summed E-state index contributed by atoms with van der Waals surface area (Å²) in [5.74, 6) is 0.816. The van der Waals surface area contributed by atoms with Crippen LogP contribution in [0.1, 0.15) is 24.2 Å². The number of methoxy groups -OCH3 is 1. The van der Waals surface area contributed by atoms with Crippen LogP contribution in [-0.4, -0.2) is 64.3 Å². The van der Waals surface area contributed by atoms with Gasteiger partial charge in [-0.1, -0.05) is 0 Å². The van der Waals surface area contributed by atoms with E-state index in [0.29, 0.717) is 18.8 Å². The number of hydrogen-bond acceptors (Lipinski definition) is 7. The molecule has 0 bridgehead atoms. The van der Waals surface area contributed by atoms with Crippen LogP contribution in [0.4, 0.5) is 0 Å². The Hall–Kier alpha value is -2.62. The van der Waals surface area contributed by atoms with E-state index in [4.69, 9.17) is 18.9 Å². The van der Waals surface area contributed by atoms with E-state index in [0.717, 1.165) is 5.75 Å². The molecule has 1 heterocycles. The van der Waals surface area contributed by atoms with E-state index in [1.54, 1.807) is 31.4 Å². The Bertz CT molecular complexity index is 964. The number of sulfonamides is 1. The fraction of sp³-hybridized carbons (Fsp3) is 0.409. The van der Waals surface area contributed by atoms with Crippen molar-refractivity contribution in [1.82, 2.24) is 4.31 Å². The van der Waals surface area contributed by atoms with Gasteiger partial charge in [-0.3, -0.25) is 0 Å². The highest BCUT2D eigenvalue weighted by atomic mass is 32.2. The first-order chi connectivity index (χ1) is 14.8. The van der Waals surface area contributed by atoms with Crippen LogP contribution < -0.4 is 9.47 Å². The predicted octanol–water partition coefficient (Wildman–Crippen LogP) is 2.73. The normalized spacial score (nSPS) is 19.6. The van der Waals surface area contributed by atoms with E-state index < -0.39 is 16.0 Å². The summed E-state index contributed by atoms with van der Waals surface area (Å²) in [6.07, 6.45) is -0.346.